The summed E-state index contributed by atoms with van der Waals surface area (Å²) in [5, 5.41) is 4.68. The van der Waals surface area contributed by atoms with Crippen LogP contribution in [0.1, 0.15) is 53.4 Å². The molecule has 0 saturated heterocycles. The van der Waals surface area contributed by atoms with Crippen LogP contribution >= 0.6 is 11.8 Å². The molecule has 0 fully saturated rings. The van der Waals surface area contributed by atoms with E-state index in [4.69, 9.17) is 0 Å². The molecule has 0 aromatic heterocycles. The van der Waals surface area contributed by atoms with Crippen molar-refractivity contribution < 1.29 is 0 Å². The first-order valence-corrected chi connectivity index (χ1v) is 7.93. The maximum Gasteiger partial charge on any atom is 0.156 e. The van der Waals surface area contributed by atoms with Crippen LogP contribution in [0.4, 0.5) is 0 Å². The number of nitrogens with zero attached hydrogens (tertiary/aromatic N) is 1. The molecular formula is C14H28N2S. The summed E-state index contributed by atoms with van der Waals surface area (Å²) in [6.45, 7) is 11.3. The molecule has 0 aliphatic carbocycles. The standard InChI is InChI=1S/C14H28N2S/c1-5-6-7-8-14(3,4)11-16-13-15-9-12(2)10-17-13/h12H,5-11H2,1-4H3,(H,15,16). The topological polar surface area (TPSA) is 24.4 Å². The highest BCUT2D eigenvalue weighted by molar-refractivity contribution is 8.13. The molecule has 1 heterocycles. The van der Waals surface area contributed by atoms with Gasteiger partial charge in [0.2, 0.25) is 0 Å². The Labute approximate surface area is 111 Å². The number of thioether (sulfide) groups is 1. The summed E-state index contributed by atoms with van der Waals surface area (Å²) < 4.78 is 0. The van der Waals surface area contributed by atoms with Crippen LogP contribution in [-0.2, 0) is 0 Å². The molecular weight excluding hydrogens is 228 g/mol. The lowest BCUT2D eigenvalue weighted by Crippen LogP contribution is -2.34. The lowest BCUT2D eigenvalue weighted by Gasteiger charge is -2.27. The highest BCUT2D eigenvalue weighted by atomic mass is 32.2. The molecule has 17 heavy (non-hydrogen) atoms. The summed E-state index contributed by atoms with van der Waals surface area (Å²) in [4.78, 5) is 4.58. The van der Waals surface area contributed by atoms with Crippen LogP contribution in [0.2, 0.25) is 0 Å². The Hall–Kier alpha value is -0.180. The van der Waals surface area contributed by atoms with Gasteiger partial charge in [0.05, 0.1) is 0 Å². The van der Waals surface area contributed by atoms with E-state index in [1.54, 1.807) is 0 Å². The molecule has 3 heteroatoms. The van der Waals surface area contributed by atoms with Crippen LogP contribution in [-0.4, -0.2) is 24.0 Å². The van der Waals surface area contributed by atoms with Gasteiger partial charge in [-0.15, -0.1) is 0 Å². The molecule has 0 aromatic carbocycles. The van der Waals surface area contributed by atoms with Crippen molar-refractivity contribution >= 4 is 16.9 Å². The molecule has 0 bridgehead atoms. The van der Waals surface area contributed by atoms with Gasteiger partial charge in [-0.25, -0.2) is 0 Å². The quantitative estimate of drug-likeness (QED) is 0.728. The fourth-order valence-electron chi connectivity index (χ4n) is 1.92. The number of hydrogen-bond acceptors (Lipinski definition) is 3. The zero-order valence-electron chi connectivity index (χ0n) is 11.9. The van der Waals surface area contributed by atoms with Crippen LogP contribution in [0.5, 0.6) is 0 Å². The summed E-state index contributed by atoms with van der Waals surface area (Å²) in [5.41, 5.74) is 0.390. The lowest BCUT2D eigenvalue weighted by molar-refractivity contribution is 0.320. The molecule has 1 N–H and O–H groups in total. The Balaban J connectivity index is 2.24. The summed E-state index contributed by atoms with van der Waals surface area (Å²) in [6, 6.07) is 0. The minimum atomic E-state index is 0.390. The predicted octanol–water partition coefficient (Wildman–Crippen LogP) is 3.92. The van der Waals surface area contributed by atoms with Gasteiger partial charge in [-0.2, -0.15) is 0 Å². The van der Waals surface area contributed by atoms with E-state index >= 15 is 0 Å². The van der Waals surface area contributed by atoms with E-state index in [0.29, 0.717) is 5.41 Å². The fraction of sp³-hybridized carbons (Fsp3) is 0.929. The third kappa shape index (κ3) is 6.35. The van der Waals surface area contributed by atoms with E-state index in [9.17, 15) is 0 Å². The van der Waals surface area contributed by atoms with Crippen molar-refractivity contribution in [3.8, 4) is 0 Å². The zero-order valence-corrected chi connectivity index (χ0v) is 12.7. The molecule has 1 unspecified atom stereocenters. The largest absolute Gasteiger partial charge is 0.364 e. The third-order valence-corrected chi connectivity index (χ3v) is 4.51. The fourth-order valence-corrected chi connectivity index (χ4v) is 2.81. The second-order valence-corrected chi connectivity index (χ2v) is 7.05. The molecule has 100 valence electrons. The van der Waals surface area contributed by atoms with Crippen molar-refractivity contribution in [2.24, 2.45) is 16.3 Å². The second kappa shape index (κ2) is 7.30. The molecule has 1 atom stereocenters. The van der Waals surface area contributed by atoms with Gasteiger partial charge < -0.3 is 5.32 Å². The first-order valence-electron chi connectivity index (χ1n) is 6.94. The molecule has 0 saturated carbocycles. The smallest absolute Gasteiger partial charge is 0.156 e. The molecule has 2 nitrogen and oxygen atoms in total. The van der Waals surface area contributed by atoms with Crippen LogP contribution in [0, 0.1) is 11.3 Å². The van der Waals surface area contributed by atoms with Crippen molar-refractivity contribution in [3.05, 3.63) is 0 Å². The number of amidine groups is 1. The first kappa shape index (κ1) is 14.9. The normalized spacial score (nSPS) is 21.2. The minimum Gasteiger partial charge on any atom is -0.364 e. The maximum atomic E-state index is 4.58. The van der Waals surface area contributed by atoms with Gasteiger partial charge >= 0.3 is 0 Å². The van der Waals surface area contributed by atoms with Gasteiger partial charge in [-0.3, -0.25) is 4.99 Å². The van der Waals surface area contributed by atoms with Crippen LogP contribution in [0.3, 0.4) is 0 Å². The van der Waals surface area contributed by atoms with E-state index in [1.807, 2.05) is 11.8 Å². The summed E-state index contributed by atoms with van der Waals surface area (Å²) >= 11 is 1.88. The van der Waals surface area contributed by atoms with Crippen LogP contribution < -0.4 is 5.32 Å². The Morgan fingerprint density at radius 2 is 2.18 bits per heavy atom. The number of hydrogen-bond donors (Lipinski definition) is 1. The Morgan fingerprint density at radius 3 is 2.76 bits per heavy atom. The van der Waals surface area contributed by atoms with Gasteiger partial charge in [0, 0.05) is 18.8 Å². The molecule has 0 aromatic rings. The molecule has 0 amide bonds. The van der Waals surface area contributed by atoms with E-state index in [-0.39, 0.29) is 0 Å². The van der Waals surface area contributed by atoms with Gasteiger partial charge in [-0.1, -0.05) is 58.7 Å². The van der Waals surface area contributed by atoms with Gasteiger partial charge in [-0.05, 0) is 17.8 Å². The van der Waals surface area contributed by atoms with Crippen LogP contribution in [0.15, 0.2) is 4.99 Å². The Kier molecular flexibility index (Phi) is 6.39. The second-order valence-electron chi connectivity index (χ2n) is 6.04. The number of unbranched alkanes of at least 4 members (excludes halogenated alkanes) is 2. The van der Waals surface area contributed by atoms with E-state index < -0.39 is 0 Å². The highest BCUT2D eigenvalue weighted by Crippen LogP contribution is 2.23. The Morgan fingerprint density at radius 1 is 1.41 bits per heavy atom. The molecule has 1 aliphatic rings. The molecule has 0 radical (unpaired) electrons. The maximum absolute atomic E-state index is 4.58. The number of nitrogens with one attached hydrogen (secondary N) is 1. The average Bonchev–Trinajstić information content (AvgIpc) is 2.29. The average molecular weight is 256 g/mol. The van der Waals surface area contributed by atoms with Crippen molar-refractivity contribution in [3.63, 3.8) is 0 Å². The van der Waals surface area contributed by atoms with Crippen molar-refractivity contribution in [2.45, 2.75) is 53.4 Å². The lowest BCUT2D eigenvalue weighted by atomic mass is 9.87. The molecule has 1 rings (SSSR count). The first-order chi connectivity index (χ1) is 8.03. The monoisotopic (exact) mass is 256 g/mol. The van der Waals surface area contributed by atoms with Crippen molar-refractivity contribution in [1.29, 1.82) is 0 Å². The predicted molar refractivity (Wildman–Crippen MR) is 79.8 cm³/mol. The molecule has 1 aliphatic heterocycles. The summed E-state index contributed by atoms with van der Waals surface area (Å²) in [5.74, 6) is 1.95. The van der Waals surface area contributed by atoms with Gasteiger partial charge in [0.25, 0.3) is 0 Å². The van der Waals surface area contributed by atoms with Gasteiger partial charge in [0.15, 0.2) is 5.17 Å². The molecule has 0 spiro atoms. The zero-order chi connectivity index (χ0) is 12.7. The highest BCUT2D eigenvalue weighted by Gasteiger charge is 2.19. The van der Waals surface area contributed by atoms with Crippen LogP contribution in [0.25, 0.3) is 0 Å². The van der Waals surface area contributed by atoms with Gasteiger partial charge in [0.1, 0.15) is 0 Å². The summed E-state index contributed by atoms with van der Waals surface area (Å²) in [7, 11) is 0. The number of rotatable bonds is 6. The van der Waals surface area contributed by atoms with E-state index in [1.165, 1.54) is 31.4 Å². The minimum absolute atomic E-state index is 0.390. The third-order valence-electron chi connectivity index (χ3n) is 3.23. The van der Waals surface area contributed by atoms with Crippen molar-refractivity contribution in [1.82, 2.24) is 5.32 Å². The SMILES string of the molecule is CCCCCC(C)(C)CNC1=NCC(C)CS1. The van der Waals surface area contributed by atoms with E-state index in [2.05, 4.69) is 38.0 Å². The van der Waals surface area contributed by atoms with E-state index in [0.717, 1.165) is 24.2 Å². The number of aliphatic imine (C=N–C) groups is 1. The summed E-state index contributed by atoms with van der Waals surface area (Å²) in [6.07, 6.45) is 5.32. The Bertz CT molecular complexity index is 249. The van der Waals surface area contributed by atoms with Crippen molar-refractivity contribution in [2.75, 3.05) is 18.8 Å².